The zero-order valence-corrected chi connectivity index (χ0v) is 9.68. The maximum atomic E-state index is 2.30. The first-order chi connectivity index (χ1) is 5.82. The summed E-state index contributed by atoms with van der Waals surface area (Å²) in [5.74, 6) is 0.628. The number of aromatic nitrogens is 1. The smallest absolute Gasteiger partial charge is 0.0355 e. The summed E-state index contributed by atoms with van der Waals surface area (Å²) in [6.45, 7) is 13.4. The highest BCUT2D eigenvalue weighted by Gasteiger charge is 2.15. The molecule has 1 aromatic rings. The molecule has 0 aliphatic carbocycles. The predicted octanol–water partition coefficient (Wildman–Crippen LogP) is 3.67. The van der Waals surface area contributed by atoms with E-state index in [0.717, 1.165) is 0 Å². The molecule has 13 heavy (non-hydrogen) atoms. The lowest BCUT2D eigenvalue weighted by Crippen LogP contribution is -2.19. The summed E-state index contributed by atoms with van der Waals surface area (Å²) >= 11 is 0. The molecular formula is C12H21N. The molecule has 0 fully saturated rings. The van der Waals surface area contributed by atoms with Crippen molar-refractivity contribution in [1.29, 1.82) is 0 Å². The first kappa shape index (κ1) is 10.4. The monoisotopic (exact) mass is 179 g/mol. The van der Waals surface area contributed by atoms with Crippen molar-refractivity contribution < 1.29 is 0 Å². The van der Waals surface area contributed by atoms with Crippen LogP contribution in [0.15, 0.2) is 12.4 Å². The normalized spacial score (nSPS) is 12.5. The third-order valence-electron chi connectivity index (χ3n) is 2.46. The van der Waals surface area contributed by atoms with Crippen LogP contribution in [0, 0.1) is 6.92 Å². The van der Waals surface area contributed by atoms with Crippen molar-refractivity contribution in [2.75, 3.05) is 0 Å². The number of hydrogen-bond acceptors (Lipinski definition) is 0. The molecule has 0 aliphatic heterocycles. The summed E-state index contributed by atoms with van der Waals surface area (Å²) in [4.78, 5) is 0. The maximum absolute atomic E-state index is 2.30. The van der Waals surface area contributed by atoms with E-state index in [9.17, 15) is 0 Å². The van der Waals surface area contributed by atoms with E-state index < -0.39 is 0 Å². The zero-order chi connectivity index (χ0) is 10.2. The minimum atomic E-state index is 0.206. The van der Waals surface area contributed by atoms with Gasteiger partial charge in [-0.15, -0.1) is 0 Å². The van der Waals surface area contributed by atoms with Gasteiger partial charge in [-0.05, 0) is 44.7 Å². The third kappa shape index (κ3) is 2.15. The van der Waals surface area contributed by atoms with Gasteiger partial charge in [-0.25, -0.2) is 0 Å². The molecule has 0 aromatic carbocycles. The van der Waals surface area contributed by atoms with E-state index in [1.165, 1.54) is 11.1 Å². The molecule has 1 nitrogen and oxygen atoms in total. The van der Waals surface area contributed by atoms with Crippen molar-refractivity contribution in [2.24, 2.45) is 0 Å². The fourth-order valence-corrected chi connectivity index (χ4v) is 1.56. The Balaban J connectivity index is 3.10. The highest BCUT2D eigenvalue weighted by molar-refractivity contribution is 5.26. The summed E-state index contributed by atoms with van der Waals surface area (Å²) in [5, 5.41) is 0. The van der Waals surface area contributed by atoms with Crippen LogP contribution in [0.25, 0.3) is 0 Å². The van der Waals surface area contributed by atoms with Crippen LogP contribution in [0.5, 0.6) is 0 Å². The molecule has 0 N–H and O–H groups in total. The van der Waals surface area contributed by atoms with Gasteiger partial charge in [0.15, 0.2) is 0 Å². The van der Waals surface area contributed by atoms with Crippen molar-refractivity contribution in [3.63, 3.8) is 0 Å². The number of rotatable bonds is 1. The summed E-state index contributed by atoms with van der Waals surface area (Å²) in [7, 11) is 0. The second-order valence-corrected chi connectivity index (χ2v) is 5.13. The Morgan fingerprint density at radius 1 is 1.15 bits per heavy atom. The van der Waals surface area contributed by atoms with E-state index in [-0.39, 0.29) is 5.54 Å². The van der Waals surface area contributed by atoms with Gasteiger partial charge in [0.25, 0.3) is 0 Å². The molecule has 1 heteroatoms. The number of aryl methyl sites for hydroxylation is 1. The van der Waals surface area contributed by atoms with E-state index >= 15 is 0 Å². The molecule has 0 atom stereocenters. The van der Waals surface area contributed by atoms with Crippen LogP contribution in [0.3, 0.4) is 0 Å². The highest BCUT2D eigenvalue weighted by Crippen LogP contribution is 2.24. The van der Waals surface area contributed by atoms with Crippen molar-refractivity contribution in [3.8, 4) is 0 Å². The summed E-state index contributed by atoms with van der Waals surface area (Å²) in [5.41, 5.74) is 3.08. The predicted molar refractivity (Wildman–Crippen MR) is 58.3 cm³/mol. The van der Waals surface area contributed by atoms with Crippen LogP contribution in [0.2, 0.25) is 0 Å². The standard InChI is InChI=1S/C12H21N/c1-9(2)11-8-13(7-10(11)3)12(4,5)6/h7-9H,1-6H3. The summed E-state index contributed by atoms with van der Waals surface area (Å²) in [6, 6.07) is 0. The molecule has 1 heterocycles. The van der Waals surface area contributed by atoms with Gasteiger partial charge in [0.1, 0.15) is 0 Å². The molecular weight excluding hydrogens is 158 g/mol. The Bertz CT molecular complexity index is 287. The van der Waals surface area contributed by atoms with Crippen LogP contribution in [-0.2, 0) is 5.54 Å². The maximum Gasteiger partial charge on any atom is 0.0355 e. The van der Waals surface area contributed by atoms with E-state index in [4.69, 9.17) is 0 Å². The molecule has 74 valence electrons. The SMILES string of the molecule is Cc1cn(C(C)(C)C)cc1C(C)C. The molecule has 0 saturated heterocycles. The lowest BCUT2D eigenvalue weighted by molar-refractivity contribution is 0.397. The van der Waals surface area contributed by atoms with Crippen molar-refractivity contribution in [2.45, 2.75) is 53.0 Å². The first-order valence-electron chi connectivity index (χ1n) is 5.01. The molecule has 0 radical (unpaired) electrons. The van der Waals surface area contributed by atoms with Crippen molar-refractivity contribution in [3.05, 3.63) is 23.5 Å². The van der Waals surface area contributed by atoms with Gasteiger partial charge < -0.3 is 4.57 Å². The molecule has 0 amide bonds. The Morgan fingerprint density at radius 2 is 1.69 bits per heavy atom. The Hall–Kier alpha value is -0.720. The number of nitrogens with zero attached hydrogens (tertiary/aromatic N) is 1. The molecule has 1 rings (SSSR count). The van der Waals surface area contributed by atoms with Crippen LogP contribution in [0.1, 0.15) is 51.7 Å². The van der Waals surface area contributed by atoms with E-state index in [1.54, 1.807) is 0 Å². The fraction of sp³-hybridized carbons (Fsp3) is 0.667. The molecule has 0 aliphatic rings. The number of hydrogen-bond donors (Lipinski definition) is 0. The lowest BCUT2D eigenvalue weighted by Gasteiger charge is -2.21. The van der Waals surface area contributed by atoms with E-state index in [0.29, 0.717) is 5.92 Å². The van der Waals surface area contributed by atoms with Gasteiger partial charge in [-0.2, -0.15) is 0 Å². The van der Waals surface area contributed by atoms with Gasteiger partial charge in [0.2, 0.25) is 0 Å². The molecule has 0 saturated carbocycles. The van der Waals surface area contributed by atoms with Crippen molar-refractivity contribution >= 4 is 0 Å². The zero-order valence-electron chi connectivity index (χ0n) is 9.68. The van der Waals surface area contributed by atoms with E-state index in [1.807, 2.05) is 0 Å². The first-order valence-corrected chi connectivity index (χ1v) is 5.01. The quantitative estimate of drug-likeness (QED) is 0.620. The second kappa shape index (κ2) is 3.21. The Kier molecular flexibility index (Phi) is 2.56. The van der Waals surface area contributed by atoms with Crippen LogP contribution in [-0.4, -0.2) is 4.57 Å². The van der Waals surface area contributed by atoms with Gasteiger partial charge in [0.05, 0.1) is 0 Å². The van der Waals surface area contributed by atoms with Crippen LogP contribution < -0.4 is 0 Å². The lowest BCUT2D eigenvalue weighted by atomic mass is 10.0. The second-order valence-electron chi connectivity index (χ2n) is 5.13. The van der Waals surface area contributed by atoms with Crippen LogP contribution in [0.4, 0.5) is 0 Å². The highest BCUT2D eigenvalue weighted by atomic mass is 15.0. The molecule has 1 aromatic heterocycles. The summed E-state index contributed by atoms with van der Waals surface area (Å²) in [6.07, 6.45) is 4.52. The van der Waals surface area contributed by atoms with Gasteiger partial charge >= 0.3 is 0 Å². The largest absolute Gasteiger partial charge is 0.349 e. The average Bonchev–Trinajstić information content (AvgIpc) is 2.29. The minimum Gasteiger partial charge on any atom is -0.349 e. The van der Waals surface area contributed by atoms with Gasteiger partial charge in [-0.3, -0.25) is 0 Å². The summed E-state index contributed by atoms with van der Waals surface area (Å²) < 4.78 is 2.30. The Morgan fingerprint density at radius 3 is 1.92 bits per heavy atom. The Labute approximate surface area is 81.8 Å². The molecule has 0 spiro atoms. The van der Waals surface area contributed by atoms with Crippen LogP contribution >= 0.6 is 0 Å². The third-order valence-corrected chi connectivity index (χ3v) is 2.46. The molecule has 0 bridgehead atoms. The van der Waals surface area contributed by atoms with Gasteiger partial charge in [0, 0.05) is 17.9 Å². The van der Waals surface area contributed by atoms with Crippen molar-refractivity contribution in [1.82, 2.24) is 4.57 Å². The van der Waals surface area contributed by atoms with E-state index in [2.05, 4.69) is 58.5 Å². The average molecular weight is 179 g/mol. The minimum absolute atomic E-state index is 0.206. The fourth-order valence-electron chi connectivity index (χ4n) is 1.56. The van der Waals surface area contributed by atoms with Gasteiger partial charge in [-0.1, -0.05) is 13.8 Å². The molecule has 0 unspecified atom stereocenters. The topological polar surface area (TPSA) is 4.93 Å².